The van der Waals surface area contributed by atoms with Crippen LogP contribution in [0.3, 0.4) is 0 Å². The number of anilines is 2. The van der Waals surface area contributed by atoms with E-state index in [2.05, 4.69) is 20.3 Å². The molecule has 3 rings (SSSR count). The maximum Gasteiger partial charge on any atom is 0.416 e. The monoisotopic (exact) mass is 366 g/mol. The van der Waals surface area contributed by atoms with E-state index in [1.807, 2.05) is 13.0 Å². The van der Waals surface area contributed by atoms with E-state index in [0.717, 1.165) is 22.6 Å². The Bertz CT molecular complexity index is 865. The minimum absolute atomic E-state index is 0.0405. The lowest BCUT2D eigenvalue weighted by Crippen LogP contribution is -2.08. The number of benzene rings is 1. The van der Waals surface area contributed by atoms with E-state index >= 15 is 0 Å². The number of nitrogens with one attached hydrogen (secondary N) is 1. The smallest absolute Gasteiger partial charge is 0.416 e. The van der Waals surface area contributed by atoms with Gasteiger partial charge in [0.25, 0.3) is 0 Å². The highest BCUT2D eigenvalue weighted by Gasteiger charge is 2.31. The van der Waals surface area contributed by atoms with Gasteiger partial charge in [0.05, 0.1) is 5.56 Å². The summed E-state index contributed by atoms with van der Waals surface area (Å²) >= 11 is 1.51. The van der Waals surface area contributed by atoms with Crippen LogP contribution in [0.4, 0.5) is 24.8 Å². The minimum atomic E-state index is -4.56. The van der Waals surface area contributed by atoms with E-state index < -0.39 is 17.5 Å². The number of alkyl halides is 3. The van der Waals surface area contributed by atoms with Crippen molar-refractivity contribution in [2.75, 3.05) is 11.1 Å². The summed E-state index contributed by atoms with van der Waals surface area (Å²) < 4.78 is 38.5. The van der Waals surface area contributed by atoms with E-state index in [-0.39, 0.29) is 11.6 Å². The Morgan fingerprint density at radius 1 is 1.24 bits per heavy atom. The molecule has 1 aliphatic heterocycles. The molecule has 0 atom stereocenters. The number of phenolic OH excluding ortho intramolecular Hbond substituents is 1. The molecule has 1 aliphatic rings. The standard InChI is InChI=1S/C16H13F3N4OS/c1-9-3-5-25-14(21-9)13-2-4-20-15(23-13)22-11-6-10(16(17,18)19)7-12(24)8-11/h2-4,6-8,24H,5H2,1H3,(H,20,22,23). The van der Waals surface area contributed by atoms with Crippen LogP contribution in [0.1, 0.15) is 18.2 Å². The molecule has 2 aromatic rings. The Labute approximate surface area is 145 Å². The molecular formula is C16H13F3N4OS. The molecule has 2 heterocycles. The Kier molecular flexibility index (Phi) is 4.67. The van der Waals surface area contributed by atoms with E-state index in [4.69, 9.17) is 0 Å². The number of phenols is 1. The molecule has 0 aliphatic carbocycles. The molecule has 0 bridgehead atoms. The van der Waals surface area contributed by atoms with Crippen molar-refractivity contribution in [3.8, 4) is 5.75 Å². The second-order valence-electron chi connectivity index (χ2n) is 5.23. The maximum atomic E-state index is 12.8. The molecule has 0 unspecified atom stereocenters. The third-order valence-electron chi connectivity index (χ3n) is 3.25. The van der Waals surface area contributed by atoms with Gasteiger partial charge in [0.15, 0.2) is 0 Å². The van der Waals surface area contributed by atoms with E-state index in [1.54, 1.807) is 6.07 Å². The second-order valence-corrected chi connectivity index (χ2v) is 6.24. The fourth-order valence-corrected chi connectivity index (χ4v) is 3.08. The van der Waals surface area contributed by atoms with Crippen molar-refractivity contribution in [2.24, 2.45) is 4.99 Å². The van der Waals surface area contributed by atoms with Crippen molar-refractivity contribution in [2.45, 2.75) is 13.1 Å². The van der Waals surface area contributed by atoms with E-state index in [0.29, 0.717) is 11.8 Å². The lowest BCUT2D eigenvalue weighted by Gasteiger charge is -2.12. The van der Waals surface area contributed by atoms with Crippen molar-refractivity contribution in [3.05, 3.63) is 53.5 Å². The third-order valence-corrected chi connectivity index (χ3v) is 4.16. The van der Waals surface area contributed by atoms with Gasteiger partial charge in [-0.15, -0.1) is 11.8 Å². The summed E-state index contributed by atoms with van der Waals surface area (Å²) in [6.07, 6.45) is -1.08. The highest BCUT2D eigenvalue weighted by molar-refractivity contribution is 8.14. The summed E-state index contributed by atoms with van der Waals surface area (Å²) in [7, 11) is 0. The summed E-state index contributed by atoms with van der Waals surface area (Å²) in [5, 5.41) is 12.9. The number of allylic oxidation sites excluding steroid dienone is 1. The number of aliphatic imine (C=N–C) groups is 1. The second kappa shape index (κ2) is 6.75. The SMILES string of the molecule is CC1=CCSC(c2ccnc(Nc3cc(O)cc(C(F)(F)F)c3)n2)=N1. The summed E-state index contributed by atoms with van der Waals surface area (Å²) in [5.74, 6) is 0.395. The zero-order valence-electron chi connectivity index (χ0n) is 13.0. The lowest BCUT2D eigenvalue weighted by atomic mass is 10.2. The van der Waals surface area contributed by atoms with Crippen LogP contribution >= 0.6 is 11.8 Å². The zero-order chi connectivity index (χ0) is 18.0. The number of thioether (sulfide) groups is 1. The first kappa shape index (κ1) is 17.3. The van der Waals surface area contributed by atoms with Gasteiger partial charge < -0.3 is 10.4 Å². The topological polar surface area (TPSA) is 70.4 Å². The summed E-state index contributed by atoms with van der Waals surface area (Å²) in [4.78, 5) is 12.7. The molecule has 0 saturated heterocycles. The van der Waals surface area contributed by atoms with Gasteiger partial charge in [-0.3, -0.25) is 0 Å². The van der Waals surface area contributed by atoms with Crippen molar-refractivity contribution < 1.29 is 18.3 Å². The summed E-state index contributed by atoms with van der Waals surface area (Å²) in [6, 6.07) is 4.39. The van der Waals surface area contributed by atoms with Crippen LogP contribution in [0, 0.1) is 0 Å². The molecule has 130 valence electrons. The van der Waals surface area contributed by atoms with Gasteiger partial charge in [-0.05, 0) is 25.1 Å². The van der Waals surface area contributed by atoms with Crippen LogP contribution in [0.5, 0.6) is 5.75 Å². The fourth-order valence-electron chi connectivity index (χ4n) is 2.12. The Hall–Kier alpha value is -2.55. The number of halogens is 3. The number of nitrogens with zero attached hydrogens (tertiary/aromatic N) is 3. The molecule has 0 fully saturated rings. The van der Waals surface area contributed by atoms with Crippen LogP contribution in [0.15, 0.2) is 47.2 Å². The van der Waals surface area contributed by atoms with Gasteiger partial charge in [0, 0.05) is 29.4 Å². The van der Waals surface area contributed by atoms with Gasteiger partial charge in [-0.2, -0.15) is 13.2 Å². The highest BCUT2D eigenvalue weighted by Crippen LogP contribution is 2.34. The Balaban J connectivity index is 1.88. The number of hydrogen-bond acceptors (Lipinski definition) is 6. The fraction of sp³-hybridized carbons (Fsp3) is 0.188. The highest BCUT2D eigenvalue weighted by atomic mass is 32.2. The molecule has 0 saturated carbocycles. The van der Waals surface area contributed by atoms with Crippen molar-refractivity contribution in [3.63, 3.8) is 0 Å². The Morgan fingerprint density at radius 2 is 2.04 bits per heavy atom. The summed E-state index contributed by atoms with van der Waals surface area (Å²) in [5.41, 5.74) is 0.536. The van der Waals surface area contributed by atoms with Gasteiger partial charge in [-0.25, -0.2) is 15.0 Å². The van der Waals surface area contributed by atoms with Gasteiger partial charge in [0.1, 0.15) is 16.5 Å². The molecule has 9 heteroatoms. The first-order valence-corrected chi connectivity index (χ1v) is 8.20. The van der Waals surface area contributed by atoms with Crippen LogP contribution in [-0.2, 0) is 6.18 Å². The number of hydrogen-bond donors (Lipinski definition) is 2. The molecule has 1 aromatic carbocycles. The number of aromatic hydroxyl groups is 1. The predicted molar refractivity (Wildman–Crippen MR) is 91.2 cm³/mol. The van der Waals surface area contributed by atoms with Crippen molar-refractivity contribution in [1.29, 1.82) is 0 Å². The first-order chi connectivity index (χ1) is 11.8. The average Bonchev–Trinajstić information content (AvgIpc) is 2.54. The van der Waals surface area contributed by atoms with Crippen LogP contribution < -0.4 is 5.32 Å². The molecule has 0 amide bonds. The van der Waals surface area contributed by atoms with E-state index in [9.17, 15) is 18.3 Å². The van der Waals surface area contributed by atoms with Gasteiger partial charge in [0.2, 0.25) is 5.95 Å². The molecular weight excluding hydrogens is 353 g/mol. The molecule has 0 spiro atoms. The molecule has 0 radical (unpaired) electrons. The van der Waals surface area contributed by atoms with Crippen molar-refractivity contribution >= 4 is 28.4 Å². The molecule has 5 nitrogen and oxygen atoms in total. The molecule has 2 N–H and O–H groups in total. The van der Waals surface area contributed by atoms with Crippen LogP contribution in [0.25, 0.3) is 0 Å². The van der Waals surface area contributed by atoms with Gasteiger partial charge in [-0.1, -0.05) is 6.08 Å². The van der Waals surface area contributed by atoms with Crippen molar-refractivity contribution in [1.82, 2.24) is 9.97 Å². The predicted octanol–water partition coefficient (Wildman–Crippen LogP) is 4.34. The summed E-state index contributed by atoms with van der Waals surface area (Å²) in [6.45, 7) is 1.88. The number of rotatable bonds is 3. The molecule has 25 heavy (non-hydrogen) atoms. The third kappa shape index (κ3) is 4.30. The zero-order valence-corrected chi connectivity index (χ0v) is 13.8. The normalized spacial score (nSPS) is 14.7. The minimum Gasteiger partial charge on any atom is -0.508 e. The maximum absolute atomic E-state index is 12.8. The lowest BCUT2D eigenvalue weighted by molar-refractivity contribution is -0.137. The van der Waals surface area contributed by atoms with Crippen LogP contribution in [-0.4, -0.2) is 25.9 Å². The quantitative estimate of drug-likeness (QED) is 0.846. The van der Waals surface area contributed by atoms with Gasteiger partial charge >= 0.3 is 6.18 Å². The molecule has 1 aromatic heterocycles. The van der Waals surface area contributed by atoms with E-state index in [1.165, 1.54) is 24.0 Å². The Morgan fingerprint density at radius 3 is 2.76 bits per heavy atom. The first-order valence-electron chi connectivity index (χ1n) is 7.21. The average molecular weight is 366 g/mol. The largest absolute Gasteiger partial charge is 0.508 e. The van der Waals surface area contributed by atoms with Crippen LogP contribution in [0.2, 0.25) is 0 Å². The number of aromatic nitrogens is 2.